The van der Waals surface area contributed by atoms with Crippen LogP contribution in [0.5, 0.6) is 5.75 Å². The highest BCUT2D eigenvalue weighted by atomic mass is 32.2. The third kappa shape index (κ3) is 3.59. The van der Waals surface area contributed by atoms with Gasteiger partial charge in [0.2, 0.25) is 10.0 Å². The average Bonchev–Trinajstić information content (AvgIpc) is 2.48. The van der Waals surface area contributed by atoms with Crippen molar-refractivity contribution in [3.05, 3.63) is 53.3 Å². The molecule has 0 fully saturated rings. The summed E-state index contributed by atoms with van der Waals surface area (Å²) in [5.74, 6) is 0.677. The number of rotatable bonds is 5. The molecule has 112 valence electrons. The number of pyridine rings is 1. The van der Waals surface area contributed by atoms with Gasteiger partial charge in [-0.2, -0.15) is 0 Å². The van der Waals surface area contributed by atoms with Gasteiger partial charge in [-0.1, -0.05) is 6.07 Å². The highest BCUT2D eigenvalue weighted by Crippen LogP contribution is 2.25. The van der Waals surface area contributed by atoms with Crippen LogP contribution in [0.3, 0.4) is 0 Å². The predicted octanol–water partition coefficient (Wildman–Crippen LogP) is 2.19. The summed E-state index contributed by atoms with van der Waals surface area (Å²) in [5, 5.41) is 0. The van der Waals surface area contributed by atoms with Crippen LogP contribution in [0.4, 0.5) is 0 Å². The summed E-state index contributed by atoms with van der Waals surface area (Å²) in [4.78, 5) is 4.36. The number of hydrogen-bond acceptors (Lipinski definition) is 4. The Labute approximate surface area is 125 Å². The molecule has 1 aromatic carbocycles. The van der Waals surface area contributed by atoms with Gasteiger partial charge in [0.25, 0.3) is 0 Å². The number of benzene rings is 1. The van der Waals surface area contributed by atoms with Gasteiger partial charge in [0, 0.05) is 6.20 Å². The van der Waals surface area contributed by atoms with E-state index in [1.807, 2.05) is 13.0 Å². The third-order valence-corrected chi connectivity index (χ3v) is 4.69. The van der Waals surface area contributed by atoms with E-state index in [4.69, 9.17) is 4.74 Å². The Morgan fingerprint density at radius 3 is 2.57 bits per heavy atom. The van der Waals surface area contributed by atoms with Crippen LogP contribution in [0.25, 0.3) is 0 Å². The summed E-state index contributed by atoms with van der Waals surface area (Å²) in [7, 11) is -2.02. The summed E-state index contributed by atoms with van der Waals surface area (Å²) >= 11 is 0. The largest absolute Gasteiger partial charge is 0.496 e. The molecule has 1 heterocycles. The van der Waals surface area contributed by atoms with E-state index in [1.165, 1.54) is 0 Å². The van der Waals surface area contributed by atoms with E-state index in [2.05, 4.69) is 9.71 Å². The molecule has 0 aliphatic heterocycles. The molecule has 0 saturated heterocycles. The monoisotopic (exact) mass is 306 g/mol. The number of hydrogen-bond donors (Lipinski definition) is 1. The first-order valence-electron chi connectivity index (χ1n) is 6.49. The van der Waals surface area contributed by atoms with Crippen molar-refractivity contribution in [3.8, 4) is 5.75 Å². The highest BCUT2D eigenvalue weighted by Gasteiger charge is 2.18. The first-order chi connectivity index (χ1) is 9.94. The molecule has 21 heavy (non-hydrogen) atoms. The molecule has 1 aromatic heterocycles. The Kier molecular flexibility index (Phi) is 4.59. The second kappa shape index (κ2) is 6.24. The second-order valence-corrected chi connectivity index (χ2v) is 6.47. The van der Waals surface area contributed by atoms with E-state index in [9.17, 15) is 8.42 Å². The van der Waals surface area contributed by atoms with Crippen LogP contribution in [-0.2, 0) is 16.6 Å². The minimum absolute atomic E-state index is 0.160. The smallest absolute Gasteiger partial charge is 0.241 e. The van der Waals surface area contributed by atoms with E-state index in [1.54, 1.807) is 44.5 Å². The molecule has 0 unspecified atom stereocenters. The molecule has 6 heteroatoms. The van der Waals surface area contributed by atoms with Crippen LogP contribution in [0.1, 0.15) is 16.8 Å². The van der Waals surface area contributed by atoms with Gasteiger partial charge >= 0.3 is 0 Å². The van der Waals surface area contributed by atoms with Gasteiger partial charge in [0.1, 0.15) is 5.75 Å². The van der Waals surface area contributed by atoms with E-state index >= 15 is 0 Å². The molecule has 0 saturated carbocycles. The molecule has 0 aliphatic rings. The Morgan fingerprint density at radius 1 is 1.19 bits per heavy atom. The third-order valence-electron chi connectivity index (χ3n) is 3.15. The standard InChI is InChI=1S/C15H18N2O3S/c1-11-9-15(12(2)8-14(11)20-3)21(18,19)17-10-13-6-4-5-7-16-13/h4-9,17H,10H2,1-3H3. The molecule has 2 aromatic rings. The first kappa shape index (κ1) is 15.5. The lowest BCUT2D eigenvalue weighted by Crippen LogP contribution is -2.24. The van der Waals surface area contributed by atoms with Crippen LogP contribution < -0.4 is 9.46 Å². The second-order valence-electron chi connectivity index (χ2n) is 4.73. The molecule has 0 spiro atoms. The van der Waals surface area contributed by atoms with E-state index in [-0.39, 0.29) is 11.4 Å². The number of nitrogens with zero attached hydrogens (tertiary/aromatic N) is 1. The van der Waals surface area contributed by atoms with Gasteiger partial charge < -0.3 is 4.74 Å². The fraction of sp³-hybridized carbons (Fsp3) is 0.267. The number of aryl methyl sites for hydroxylation is 2. The lowest BCUT2D eigenvalue weighted by Gasteiger charge is -2.12. The number of aromatic nitrogens is 1. The molecule has 2 rings (SSSR count). The summed E-state index contributed by atoms with van der Waals surface area (Å²) in [5.41, 5.74) is 2.09. The van der Waals surface area contributed by atoms with Crippen molar-refractivity contribution in [2.45, 2.75) is 25.3 Å². The quantitative estimate of drug-likeness (QED) is 0.919. The van der Waals surface area contributed by atoms with Gasteiger partial charge in [-0.3, -0.25) is 4.98 Å². The summed E-state index contributed by atoms with van der Waals surface area (Å²) in [6.07, 6.45) is 1.63. The zero-order valence-electron chi connectivity index (χ0n) is 12.3. The number of ether oxygens (including phenoxy) is 1. The van der Waals surface area contributed by atoms with Crippen molar-refractivity contribution in [2.75, 3.05) is 7.11 Å². The van der Waals surface area contributed by atoms with Gasteiger partial charge in [-0.25, -0.2) is 13.1 Å². The van der Waals surface area contributed by atoms with Crippen molar-refractivity contribution < 1.29 is 13.2 Å². The molecule has 5 nitrogen and oxygen atoms in total. The summed E-state index contributed by atoms with van der Waals surface area (Å²) < 4.78 is 32.6. The fourth-order valence-electron chi connectivity index (χ4n) is 2.02. The van der Waals surface area contributed by atoms with Crippen molar-refractivity contribution in [3.63, 3.8) is 0 Å². The predicted molar refractivity (Wildman–Crippen MR) is 80.7 cm³/mol. The van der Waals surface area contributed by atoms with Crippen LogP contribution in [0, 0.1) is 13.8 Å². The Hall–Kier alpha value is -1.92. The van der Waals surface area contributed by atoms with Crippen LogP contribution in [0.15, 0.2) is 41.4 Å². The maximum Gasteiger partial charge on any atom is 0.241 e. The van der Waals surface area contributed by atoms with Crippen LogP contribution >= 0.6 is 0 Å². The fourth-order valence-corrected chi connectivity index (χ4v) is 3.33. The molecule has 0 bridgehead atoms. The topological polar surface area (TPSA) is 68.3 Å². The molecular formula is C15H18N2O3S. The molecule has 0 atom stereocenters. The zero-order chi connectivity index (χ0) is 15.5. The highest BCUT2D eigenvalue weighted by molar-refractivity contribution is 7.89. The van der Waals surface area contributed by atoms with Crippen LogP contribution in [0.2, 0.25) is 0 Å². The lowest BCUT2D eigenvalue weighted by molar-refractivity contribution is 0.411. The van der Waals surface area contributed by atoms with Crippen molar-refractivity contribution in [2.24, 2.45) is 0 Å². The number of nitrogens with one attached hydrogen (secondary N) is 1. The normalized spacial score (nSPS) is 11.4. The maximum atomic E-state index is 12.4. The minimum atomic E-state index is -3.58. The minimum Gasteiger partial charge on any atom is -0.496 e. The van der Waals surface area contributed by atoms with Crippen molar-refractivity contribution in [1.82, 2.24) is 9.71 Å². The van der Waals surface area contributed by atoms with Gasteiger partial charge in [0.15, 0.2) is 0 Å². The first-order valence-corrected chi connectivity index (χ1v) is 7.97. The Balaban J connectivity index is 2.26. The number of methoxy groups -OCH3 is 1. The van der Waals surface area contributed by atoms with Crippen LogP contribution in [-0.4, -0.2) is 20.5 Å². The molecule has 0 amide bonds. The Morgan fingerprint density at radius 2 is 1.95 bits per heavy atom. The maximum absolute atomic E-state index is 12.4. The van der Waals surface area contributed by atoms with Gasteiger partial charge in [-0.05, 0) is 49.2 Å². The summed E-state index contributed by atoms with van der Waals surface area (Å²) in [6, 6.07) is 8.72. The van der Waals surface area contributed by atoms with Crippen molar-refractivity contribution >= 4 is 10.0 Å². The Bertz CT molecular complexity index is 728. The van der Waals surface area contributed by atoms with E-state index in [0.29, 0.717) is 17.0 Å². The molecular weight excluding hydrogens is 288 g/mol. The molecule has 0 aliphatic carbocycles. The number of sulfonamides is 1. The molecule has 1 N–H and O–H groups in total. The SMILES string of the molecule is COc1cc(C)c(S(=O)(=O)NCc2ccccn2)cc1C. The lowest BCUT2D eigenvalue weighted by atomic mass is 10.1. The van der Waals surface area contributed by atoms with Gasteiger partial charge in [-0.15, -0.1) is 0 Å². The van der Waals surface area contributed by atoms with E-state index < -0.39 is 10.0 Å². The zero-order valence-corrected chi connectivity index (χ0v) is 13.1. The average molecular weight is 306 g/mol. The molecule has 0 radical (unpaired) electrons. The summed E-state index contributed by atoms with van der Waals surface area (Å²) in [6.45, 7) is 3.72. The van der Waals surface area contributed by atoms with E-state index in [0.717, 1.165) is 5.56 Å². The van der Waals surface area contributed by atoms with Crippen molar-refractivity contribution in [1.29, 1.82) is 0 Å². The van der Waals surface area contributed by atoms with Gasteiger partial charge in [0.05, 0.1) is 24.2 Å².